The molecular formula is H3AlCoMnNiSc. The number of hydrogen-bond donors (Lipinski definition) is 0. The van der Waals surface area contributed by atoms with E-state index >= 15 is 0 Å². The van der Waals surface area contributed by atoms with Crippen LogP contribution in [0.2, 0.25) is 0 Å². The fourth-order valence-electron chi connectivity index (χ4n) is 0. The molecule has 0 unspecified atom stereocenters. The van der Waals surface area contributed by atoms with Gasteiger partial charge in [-0.3, -0.25) is 0 Å². The molecule has 0 bridgehead atoms. The summed E-state index contributed by atoms with van der Waals surface area (Å²) in [5.74, 6) is 0. The molecule has 0 saturated carbocycles. The molecule has 0 aromatic rings. The van der Waals surface area contributed by atoms with E-state index in [0.717, 1.165) is 0 Å². The van der Waals surface area contributed by atoms with E-state index in [1.165, 1.54) is 0 Å². The fraction of sp³-hybridized carbons (Fsp3) is 0. The van der Waals surface area contributed by atoms with Gasteiger partial charge in [0.25, 0.3) is 0 Å². The van der Waals surface area contributed by atoms with Crippen molar-refractivity contribution >= 4 is 17.4 Å². The van der Waals surface area contributed by atoms with Crippen LogP contribution in [0.4, 0.5) is 0 Å². The Balaban J connectivity index is 0. The molecule has 0 atom stereocenters. The monoisotopic (exact) mass is 247 g/mol. The van der Waals surface area contributed by atoms with E-state index in [9.17, 15) is 0 Å². The molecule has 0 heterocycles. The van der Waals surface area contributed by atoms with Crippen LogP contribution in [0.3, 0.4) is 0 Å². The van der Waals surface area contributed by atoms with Crippen LogP contribution in [0, 0.1) is 0 Å². The smallest absolute Gasteiger partial charge is 0 e. The van der Waals surface area contributed by atoms with Gasteiger partial charge >= 0.3 is 0 Å². The van der Waals surface area contributed by atoms with E-state index in [-0.39, 0.29) is 93.5 Å². The zero-order valence-corrected chi connectivity index (χ0v) is 6.62. The first kappa shape index (κ1) is 44.5. The van der Waals surface area contributed by atoms with Gasteiger partial charge in [-0.1, -0.05) is 0 Å². The molecule has 0 nitrogen and oxygen atoms in total. The van der Waals surface area contributed by atoms with Crippen LogP contribution in [0.15, 0.2) is 0 Å². The topological polar surface area (TPSA) is 0 Å². The van der Waals surface area contributed by atoms with Gasteiger partial charge in [-0.2, -0.15) is 0 Å². The summed E-state index contributed by atoms with van der Waals surface area (Å²) in [4.78, 5) is 0. The van der Waals surface area contributed by atoms with Gasteiger partial charge in [-0.25, -0.2) is 0 Å². The summed E-state index contributed by atoms with van der Waals surface area (Å²) in [7, 11) is 0. The van der Waals surface area contributed by atoms with Crippen molar-refractivity contribution in [3.05, 3.63) is 0 Å². The van der Waals surface area contributed by atoms with Crippen molar-refractivity contribution in [3.63, 3.8) is 0 Å². The molecule has 35 valence electrons. The third-order valence-corrected chi connectivity index (χ3v) is 0. The summed E-state index contributed by atoms with van der Waals surface area (Å²) < 4.78 is 0. The van der Waals surface area contributed by atoms with Gasteiger partial charge in [0.05, 0.1) is 0 Å². The number of hydrogen-bond acceptors (Lipinski definition) is 0. The Labute approximate surface area is 92.1 Å². The minimum Gasteiger partial charge on any atom is 0 e. The average Bonchev–Trinajstić information content (AvgIpc) is 0. The van der Waals surface area contributed by atoms with Crippen LogP contribution in [0.1, 0.15) is 0 Å². The Morgan fingerprint density at radius 1 is 1.00 bits per heavy atom. The van der Waals surface area contributed by atoms with Crippen LogP contribution in [-0.2, 0) is 76.2 Å². The maximum absolute atomic E-state index is 0. The Morgan fingerprint density at radius 3 is 1.00 bits per heavy atom. The van der Waals surface area contributed by atoms with Gasteiger partial charge in [0.15, 0.2) is 17.4 Å². The largest absolute Gasteiger partial charge is 0.187 e. The molecule has 0 amide bonds. The predicted molar refractivity (Wildman–Crippen MR) is 9.94 cm³/mol. The molecular weight excluding hydrogens is 245 g/mol. The first-order chi connectivity index (χ1) is 0. The Hall–Kier alpha value is 2.92. The third-order valence-electron chi connectivity index (χ3n) is 0. The Kier molecular flexibility index (Phi) is 253. The standard InChI is InChI=1S/Al.Co.Mn.Ni.Sc.3H. The van der Waals surface area contributed by atoms with Crippen LogP contribution >= 0.6 is 0 Å². The minimum absolute atomic E-state index is 0. The quantitative estimate of drug-likeness (QED) is 0.472. The summed E-state index contributed by atoms with van der Waals surface area (Å²) in [6, 6.07) is 0. The SMILES string of the molecule is [AlH3].[Co].[Mn].[Ni].[Sc]. The molecule has 0 aromatic heterocycles. The summed E-state index contributed by atoms with van der Waals surface area (Å²) in [6.07, 6.45) is 0. The average molecular weight is 248 g/mol. The van der Waals surface area contributed by atoms with Crippen LogP contribution in [0.25, 0.3) is 0 Å². The van der Waals surface area contributed by atoms with E-state index in [4.69, 9.17) is 0 Å². The molecule has 0 rings (SSSR count). The van der Waals surface area contributed by atoms with Crippen molar-refractivity contribution in [3.8, 4) is 0 Å². The zero-order valence-electron chi connectivity index (χ0n) is 1.60. The summed E-state index contributed by atoms with van der Waals surface area (Å²) in [5, 5.41) is 0. The molecule has 5 heteroatoms. The van der Waals surface area contributed by atoms with Gasteiger partial charge in [0.1, 0.15) is 0 Å². The second-order valence-electron chi connectivity index (χ2n) is 0. The van der Waals surface area contributed by atoms with E-state index < -0.39 is 0 Å². The van der Waals surface area contributed by atoms with Crippen molar-refractivity contribution in [1.29, 1.82) is 0 Å². The molecule has 0 aliphatic heterocycles. The Morgan fingerprint density at radius 2 is 1.00 bits per heavy atom. The van der Waals surface area contributed by atoms with Gasteiger partial charge in [0.2, 0.25) is 0 Å². The van der Waals surface area contributed by atoms with Crippen molar-refractivity contribution < 1.29 is 76.2 Å². The second-order valence-corrected chi connectivity index (χ2v) is 0. The maximum atomic E-state index is 0. The maximum Gasteiger partial charge on any atom is 0.187 e. The predicted octanol–water partition coefficient (Wildman–Crippen LogP) is -1.19. The normalized spacial score (nSPS) is 0. The molecule has 0 aromatic carbocycles. The summed E-state index contributed by atoms with van der Waals surface area (Å²) in [6.45, 7) is 0. The van der Waals surface area contributed by atoms with Crippen LogP contribution in [0.5, 0.6) is 0 Å². The van der Waals surface area contributed by atoms with Gasteiger partial charge < -0.3 is 0 Å². The van der Waals surface area contributed by atoms with E-state index in [1.54, 1.807) is 0 Å². The van der Waals surface area contributed by atoms with Crippen molar-refractivity contribution in [1.82, 2.24) is 0 Å². The van der Waals surface area contributed by atoms with Gasteiger partial charge in [-0.05, 0) is 0 Å². The summed E-state index contributed by atoms with van der Waals surface area (Å²) >= 11 is 0. The molecule has 0 aliphatic carbocycles. The number of rotatable bonds is 0. The molecule has 3 radical (unpaired) electrons. The molecule has 0 saturated heterocycles. The van der Waals surface area contributed by atoms with Crippen LogP contribution in [-0.4, -0.2) is 17.4 Å². The molecule has 5 heavy (non-hydrogen) atoms. The first-order valence-electron chi connectivity index (χ1n) is 0. The molecule has 0 N–H and O–H groups in total. The fourth-order valence-corrected chi connectivity index (χ4v) is 0. The van der Waals surface area contributed by atoms with Crippen molar-refractivity contribution in [2.24, 2.45) is 0 Å². The molecule has 0 spiro atoms. The third kappa shape index (κ3) is 19.6. The first-order valence-corrected chi connectivity index (χ1v) is 0. The van der Waals surface area contributed by atoms with E-state index in [0.29, 0.717) is 0 Å². The Bertz CT molecular complexity index is 11.6. The molecule has 0 fully saturated rings. The van der Waals surface area contributed by atoms with Gasteiger partial charge in [-0.15, -0.1) is 0 Å². The van der Waals surface area contributed by atoms with Gasteiger partial charge in [0, 0.05) is 76.2 Å². The zero-order chi connectivity index (χ0) is 0. The van der Waals surface area contributed by atoms with E-state index in [2.05, 4.69) is 0 Å². The minimum atomic E-state index is 0. The summed E-state index contributed by atoms with van der Waals surface area (Å²) in [5.41, 5.74) is 0. The van der Waals surface area contributed by atoms with E-state index in [1.807, 2.05) is 0 Å². The van der Waals surface area contributed by atoms with Crippen LogP contribution < -0.4 is 0 Å². The van der Waals surface area contributed by atoms with Crippen molar-refractivity contribution in [2.45, 2.75) is 0 Å². The second kappa shape index (κ2) is 28.4. The van der Waals surface area contributed by atoms with Crippen molar-refractivity contribution in [2.75, 3.05) is 0 Å². The molecule has 0 aliphatic rings.